The van der Waals surface area contributed by atoms with Gasteiger partial charge in [0.15, 0.2) is 0 Å². The molecule has 3 rings (SSSR count). The number of esters is 1. The molecule has 3 heterocycles. The van der Waals surface area contributed by atoms with Gasteiger partial charge in [0.05, 0.1) is 37.2 Å². The lowest BCUT2D eigenvalue weighted by Gasteiger charge is -2.46. The van der Waals surface area contributed by atoms with Gasteiger partial charge >= 0.3 is 5.97 Å². The van der Waals surface area contributed by atoms with Gasteiger partial charge in [0.1, 0.15) is 11.6 Å². The van der Waals surface area contributed by atoms with Crippen molar-refractivity contribution in [3.05, 3.63) is 12.7 Å². The van der Waals surface area contributed by atoms with Gasteiger partial charge in [-0.3, -0.25) is 14.4 Å². The van der Waals surface area contributed by atoms with Gasteiger partial charge in [-0.05, 0) is 51.9 Å². The monoisotopic (exact) mass is 492 g/mol. The van der Waals surface area contributed by atoms with Crippen molar-refractivity contribution in [2.45, 2.75) is 103 Å². The smallest absolute Gasteiger partial charge is 0.312 e. The number of likely N-dealkylation sites (tertiary alicyclic amines) is 1. The number of rotatable bonds is 10. The highest BCUT2D eigenvalue weighted by atomic mass is 16.6. The first-order valence-electron chi connectivity index (χ1n) is 13.0. The average molecular weight is 493 g/mol. The predicted octanol–water partition coefficient (Wildman–Crippen LogP) is 2.92. The van der Waals surface area contributed by atoms with E-state index in [-0.39, 0.29) is 30.4 Å². The number of hydrogen-bond acceptors (Lipinski definition) is 6. The summed E-state index contributed by atoms with van der Waals surface area (Å²) in [5.41, 5.74) is -1.66. The van der Waals surface area contributed by atoms with Crippen molar-refractivity contribution in [2.75, 3.05) is 19.8 Å². The van der Waals surface area contributed by atoms with Crippen LogP contribution < -0.4 is 0 Å². The zero-order chi connectivity index (χ0) is 26.3. The molecule has 6 atom stereocenters. The van der Waals surface area contributed by atoms with Crippen molar-refractivity contribution >= 4 is 17.8 Å². The van der Waals surface area contributed by atoms with E-state index in [2.05, 4.69) is 27.4 Å². The maximum atomic E-state index is 14.5. The standard InChI is InChI=1S/C27H44N2O6/c1-9-14-28(26(7,8)16-25(4,5)6)23(32)21-27-13-12-18(35-27)19(24(33)34-11-3)20(27)22(31)29(21)17(10-2)15-30/h9,17-21,30H,1,10-16H2,2-8H3/t17-,18-,19+,20+,21-,27+/m0/s1. The Morgan fingerprint density at radius 1 is 1.31 bits per heavy atom. The number of hydrogen-bond donors (Lipinski definition) is 1. The van der Waals surface area contributed by atoms with E-state index in [1.165, 1.54) is 4.90 Å². The summed E-state index contributed by atoms with van der Waals surface area (Å²) in [5.74, 6) is -2.48. The van der Waals surface area contributed by atoms with E-state index in [1.807, 2.05) is 20.8 Å². The largest absolute Gasteiger partial charge is 0.466 e. The Morgan fingerprint density at radius 2 is 1.97 bits per heavy atom. The average Bonchev–Trinajstić information content (AvgIpc) is 3.39. The summed E-state index contributed by atoms with van der Waals surface area (Å²) >= 11 is 0. The van der Waals surface area contributed by atoms with Gasteiger partial charge in [0.25, 0.3) is 0 Å². The molecule has 2 amide bonds. The third-order valence-electron chi connectivity index (χ3n) is 7.88. The lowest BCUT2D eigenvalue weighted by Crippen LogP contribution is -2.62. The van der Waals surface area contributed by atoms with E-state index in [9.17, 15) is 19.5 Å². The molecule has 0 saturated carbocycles. The maximum Gasteiger partial charge on any atom is 0.312 e. The zero-order valence-corrected chi connectivity index (χ0v) is 22.5. The molecule has 3 fully saturated rings. The second-order valence-electron chi connectivity index (χ2n) is 12.1. The van der Waals surface area contributed by atoms with Crippen LogP contribution in [0.1, 0.15) is 74.1 Å². The molecule has 0 aliphatic carbocycles. The number of aliphatic hydroxyl groups is 1. The number of amides is 2. The molecule has 2 bridgehead atoms. The quantitative estimate of drug-likeness (QED) is 0.372. The fourth-order valence-corrected chi connectivity index (χ4v) is 6.99. The molecule has 0 aromatic heterocycles. The van der Waals surface area contributed by atoms with Gasteiger partial charge in [-0.25, -0.2) is 0 Å². The van der Waals surface area contributed by atoms with Crippen LogP contribution in [0.2, 0.25) is 0 Å². The predicted molar refractivity (Wildman–Crippen MR) is 132 cm³/mol. The Hall–Kier alpha value is -1.93. The Kier molecular flexibility index (Phi) is 7.78. The Morgan fingerprint density at radius 3 is 2.49 bits per heavy atom. The lowest BCUT2D eigenvalue weighted by atomic mass is 9.70. The van der Waals surface area contributed by atoms with E-state index in [0.717, 1.165) is 6.42 Å². The topological polar surface area (TPSA) is 96.4 Å². The van der Waals surface area contributed by atoms with Crippen molar-refractivity contribution in [1.82, 2.24) is 9.80 Å². The van der Waals surface area contributed by atoms with Crippen molar-refractivity contribution in [3.63, 3.8) is 0 Å². The molecule has 8 nitrogen and oxygen atoms in total. The molecule has 198 valence electrons. The number of fused-ring (bicyclic) bond motifs is 1. The van der Waals surface area contributed by atoms with E-state index in [0.29, 0.717) is 25.8 Å². The SMILES string of the molecule is C=CCN(C(=O)[C@@H]1N([C@@H](CC)CO)C(=O)[C@H]2[C@H](C(=O)OCC)[C@@H]3CC[C@]12O3)C(C)(C)CC(C)(C)C. The van der Waals surface area contributed by atoms with Gasteiger partial charge in [0.2, 0.25) is 11.8 Å². The summed E-state index contributed by atoms with van der Waals surface area (Å²) in [5, 5.41) is 10.2. The molecule has 3 aliphatic heterocycles. The van der Waals surface area contributed by atoms with Crippen molar-refractivity contribution in [2.24, 2.45) is 17.3 Å². The van der Waals surface area contributed by atoms with Crippen LogP contribution in [0.15, 0.2) is 12.7 Å². The molecule has 35 heavy (non-hydrogen) atoms. The second-order valence-corrected chi connectivity index (χ2v) is 12.1. The maximum absolute atomic E-state index is 14.5. The van der Waals surface area contributed by atoms with Gasteiger partial charge in [-0.15, -0.1) is 6.58 Å². The van der Waals surface area contributed by atoms with E-state index in [1.54, 1.807) is 17.9 Å². The van der Waals surface area contributed by atoms with Crippen LogP contribution in [0, 0.1) is 17.3 Å². The minimum atomic E-state index is -1.10. The zero-order valence-electron chi connectivity index (χ0n) is 22.5. The van der Waals surface area contributed by atoms with Crippen molar-refractivity contribution in [3.8, 4) is 0 Å². The minimum absolute atomic E-state index is 0.0381. The molecular formula is C27H44N2O6. The van der Waals surface area contributed by atoms with Gasteiger partial charge < -0.3 is 24.4 Å². The van der Waals surface area contributed by atoms with Crippen LogP contribution in [0.5, 0.6) is 0 Å². The summed E-state index contributed by atoms with van der Waals surface area (Å²) in [6.07, 6.45) is 3.59. The number of nitrogens with zero attached hydrogens (tertiary/aromatic N) is 2. The molecule has 3 saturated heterocycles. The molecule has 1 N–H and O–H groups in total. The Bertz CT molecular complexity index is 845. The molecule has 0 aromatic carbocycles. The van der Waals surface area contributed by atoms with E-state index in [4.69, 9.17) is 9.47 Å². The number of carbonyl (C=O) groups is 3. The van der Waals surface area contributed by atoms with E-state index >= 15 is 0 Å². The lowest BCUT2D eigenvalue weighted by molar-refractivity contribution is -0.157. The second kappa shape index (κ2) is 9.85. The summed E-state index contributed by atoms with van der Waals surface area (Å²) in [6.45, 7) is 18.2. The fraction of sp³-hybridized carbons (Fsp3) is 0.815. The van der Waals surface area contributed by atoms with E-state index < -0.39 is 47.1 Å². The van der Waals surface area contributed by atoms with Gasteiger partial charge in [0, 0.05) is 12.1 Å². The van der Waals surface area contributed by atoms with Crippen LogP contribution in [-0.4, -0.2) is 81.8 Å². The molecule has 8 heteroatoms. The van der Waals surface area contributed by atoms with Crippen LogP contribution in [-0.2, 0) is 23.9 Å². The van der Waals surface area contributed by atoms with Gasteiger partial charge in [-0.2, -0.15) is 0 Å². The number of carbonyl (C=O) groups excluding carboxylic acids is 3. The molecule has 1 spiro atoms. The molecule has 3 aliphatic rings. The normalized spacial score (nSPS) is 30.9. The third-order valence-corrected chi connectivity index (χ3v) is 7.88. The summed E-state index contributed by atoms with van der Waals surface area (Å²) in [4.78, 5) is 44.7. The molecule has 0 aromatic rings. The number of aliphatic hydroxyl groups excluding tert-OH is 1. The van der Waals surface area contributed by atoms with Crippen LogP contribution in [0.4, 0.5) is 0 Å². The van der Waals surface area contributed by atoms with Crippen molar-refractivity contribution in [1.29, 1.82) is 0 Å². The van der Waals surface area contributed by atoms with Crippen LogP contribution >= 0.6 is 0 Å². The third kappa shape index (κ3) is 4.64. The van der Waals surface area contributed by atoms with Crippen LogP contribution in [0.3, 0.4) is 0 Å². The fourth-order valence-electron chi connectivity index (χ4n) is 6.99. The van der Waals surface area contributed by atoms with Crippen LogP contribution in [0.25, 0.3) is 0 Å². The number of ether oxygens (including phenoxy) is 2. The van der Waals surface area contributed by atoms with Crippen molar-refractivity contribution < 1.29 is 29.0 Å². The Balaban J connectivity index is 2.11. The first-order chi connectivity index (χ1) is 16.3. The molecule has 0 unspecified atom stereocenters. The summed E-state index contributed by atoms with van der Waals surface area (Å²) < 4.78 is 11.8. The summed E-state index contributed by atoms with van der Waals surface area (Å²) in [7, 11) is 0. The highest BCUT2D eigenvalue weighted by Gasteiger charge is 2.75. The Labute approximate surface area is 210 Å². The summed E-state index contributed by atoms with van der Waals surface area (Å²) in [6, 6.07) is -1.46. The first kappa shape index (κ1) is 27.7. The molecule has 0 radical (unpaired) electrons. The first-order valence-corrected chi connectivity index (χ1v) is 13.0. The highest BCUT2D eigenvalue weighted by Crippen LogP contribution is 2.59. The highest BCUT2D eigenvalue weighted by molar-refractivity contribution is 5.98. The van der Waals surface area contributed by atoms with Gasteiger partial charge in [-0.1, -0.05) is 33.8 Å². The molecular weight excluding hydrogens is 448 g/mol. The minimum Gasteiger partial charge on any atom is -0.466 e.